The maximum absolute atomic E-state index is 11.2. The molecule has 7 heteroatoms. The first kappa shape index (κ1) is 14.3. The lowest BCUT2D eigenvalue weighted by Crippen LogP contribution is -2.19. The summed E-state index contributed by atoms with van der Waals surface area (Å²) in [7, 11) is 0. The lowest BCUT2D eigenvalue weighted by atomic mass is 10.1. The van der Waals surface area contributed by atoms with E-state index in [1.807, 2.05) is 12.3 Å². The van der Waals surface area contributed by atoms with Gasteiger partial charge in [-0.25, -0.2) is 0 Å². The molecular formula is C13H16N4O2S. The Morgan fingerprint density at radius 1 is 1.40 bits per heavy atom. The first-order valence-corrected chi connectivity index (χ1v) is 7.07. The van der Waals surface area contributed by atoms with Gasteiger partial charge in [0.05, 0.1) is 4.92 Å². The van der Waals surface area contributed by atoms with Crippen LogP contribution in [0.4, 0.5) is 17.1 Å². The summed E-state index contributed by atoms with van der Waals surface area (Å²) in [6.45, 7) is 1.99. The molecule has 0 fully saturated rings. The highest BCUT2D eigenvalue weighted by Gasteiger charge is 2.20. The Bertz CT molecular complexity index is 586. The SMILES string of the molecule is CC(Cc1ccsc1)Nc1cccc(NN)c1[N+](=O)[O-]. The number of hydrazine groups is 1. The van der Waals surface area contributed by atoms with Gasteiger partial charge in [0, 0.05) is 6.04 Å². The number of para-hydroxylation sites is 1. The molecule has 20 heavy (non-hydrogen) atoms. The number of nitrogens with one attached hydrogen (secondary N) is 2. The Kier molecular flexibility index (Phi) is 4.54. The third-order valence-electron chi connectivity index (χ3n) is 2.90. The van der Waals surface area contributed by atoms with Gasteiger partial charge in [-0.05, 0) is 47.9 Å². The number of hydrogen-bond acceptors (Lipinski definition) is 6. The van der Waals surface area contributed by atoms with Crippen molar-refractivity contribution in [1.29, 1.82) is 0 Å². The van der Waals surface area contributed by atoms with E-state index in [2.05, 4.69) is 22.2 Å². The van der Waals surface area contributed by atoms with Crippen LogP contribution < -0.4 is 16.6 Å². The summed E-state index contributed by atoms with van der Waals surface area (Å²) in [5, 5.41) is 18.4. The number of thiophene rings is 1. The first-order chi connectivity index (χ1) is 9.61. The highest BCUT2D eigenvalue weighted by molar-refractivity contribution is 7.07. The zero-order valence-electron chi connectivity index (χ0n) is 11.0. The second kappa shape index (κ2) is 6.36. The Morgan fingerprint density at radius 3 is 2.75 bits per heavy atom. The van der Waals surface area contributed by atoms with Crippen LogP contribution in [0, 0.1) is 10.1 Å². The Morgan fingerprint density at radius 2 is 2.15 bits per heavy atom. The zero-order valence-corrected chi connectivity index (χ0v) is 11.8. The number of benzene rings is 1. The molecule has 0 aliphatic rings. The van der Waals surface area contributed by atoms with E-state index in [-0.39, 0.29) is 11.7 Å². The molecule has 1 atom stereocenters. The number of hydrogen-bond donors (Lipinski definition) is 3. The van der Waals surface area contributed by atoms with Crippen molar-refractivity contribution < 1.29 is 4.92 Å². The molecule has 1 aromatic heterocycles. The lowest BCUT2D eigenvalue weighted by molar-refractivity contribution is -0.383. The van der Waals surface area contributed by atoms with E-state index in [1.54, 1.807) is 29.5 Å². The Labute approximate surface area is 120 Å². The summed E-state index contributed by atoms with van der Waals surface area (Å²) in [5.41, 5.74) is 4.29. The second-order valence-corrected chi connectivity index (χ2v) is 5.26. The van der Waals surface area contributed by atoms with Gasteiger partial charge in [-0.1, -0.05) is 6.07 Å². The van der Waals surface area contributed by atoms with Crippen molar-refractivity contribution >= 4 is 28.4 Å². The second-order valence-electron chi connectivity index (χ2n) is 4.48. The van der Waals surface area contributed by atoms with E-state index in [1.165, 1.54) is 5.56 Å². The molecule has 0 aliphatic heterocycles. The predicted molar refractivity (Wildman–Crippen MR) is 82.0 cm³/mol. The monoisotopic (exact) mass is 292 g/mol. The van der Waals surface area contributed by atoms with Gasteiger partial charge in [-0.3, -0.25) is 16.0 Å². The van der Waals surface area contributed by atoms with Gasteiger partial charge in [0.15, 0.2) is 0 Å². The fourth-order valence-electron chi connectivity index (χ4n) is 2.05. The molecule has 4 N–H and O–H groups in total. The van der Waals surface area contributed by atoms with Crippen LogP contribution in [0.3, 0.4) is 0 Å². The minimum absolute atomic E-state index is 0.0350. The molecule has 0 saturated heterocycles. The minimum atomic E-state index is -0.436. The molecule has 1 unspecified atom stereocenters. The molecular weight excluding hydrogens is 276 g/mol. The summed E-state index contributed by atoms with van der Waals surface area (Å²) in [4.78, 5) is 10.7. The average Bonchev–Trinajstić information content (AvgIpc) is 2.90. The number of nitro groups is 1. The van der Waals surface area contributed by atoms with Gasteiger partial charge < -0.3 is 10.7 Å². The van der Waals surface area contributed by atoms with Crippen LogP contribution >= 0.6 is 11.3 Å². The summed E-state index contributed by atoms with van der Waals surface area (Å²) in [5.74, 6) is 5.32. The van der Waals surface area contributed by atoms with Crippen LogP contribution in [0.15, 0.2) is 35.0 Å². The van der Waals surface area contributed by atoms with Crippen LogP contribution in [0.5, 0.6) is 0 Å². The van der Waals surface area contributed by atoms with E-state index in [9.17, 15) is 10.1 Å². The standard InChI is InChI=1S/C13H16N4O2S/c1-9(7-10-5-6-20-8-10)15-11-3-2-4-12(16-14)13(11)17(18)19/h2-6,8-9,15-16H,7,14H2,1H3. The highest BCUT2D eigenvalue weighted by Crippen LogP contribution is 2.32. The molecule has 0 amide bonds. The quantitative estimate of drug-likeness (QED) is 0.432. The molecule has 0 spiro atoms. The smallest absolute Gasteiger partial charge is 0.316 e. The number of anilines is 2. The zero-order chi connectivity index (χ0) is 14.5. The fourth-order valence-corrected chi connectivity index (χ4v) is 2.73. The van der Waals surface area contributed by atoms with Crippen molar-refractivity contribution in [1.82, 2.24) is 0 Å². The maximum Gasteiger partial charge on any atom is 0.316 e. The normalized spacial score (nSPS) is 11.9. The number of rotatable bonds is 6. The number of nitrogens with zero attached hydrogens (tertiary/aromatic N) is 1. The van der Waals surface area contributed by atoms with Gasteiger partial charge in [0.1, 0.15) is 11.4 Å². The van der Waals surface area contributed by atoms with Crippen LogP contribution in [0.2, 0.25) is 0 Å². The van der Waals surface area contributed by atoms with Crippen LogP contribution in [0.25, 0.3) is 0 Å². The molecule has 106 valence electrons. The largest absolute Gasteiger partial charge is 0.377 e. The van der Waals surface area contributed by atoms with Gasteiger partial charge in [-0.15, -0.1) is 0 Å². The molecule has 0 radical (unpaired) electrons. The lowest BCUT2D eigenvalue weighted by Gasteiger charge is -2.15. The van der Waals surface area contributed by atoms with Gasteiger partial charge in [0.25, 0.3) is 0 Å². The minimum Gasteiger partial charge on any atom is -0.377 e. The number of nitrogens with two attached hydrogens (primary N) is 1. The van der Waals surface area contributed by atoms with E-state index in [0.29, 0.717) is 11.4 Å². The third-order valence-corrected chi connectivity index (χ3v) is 3.63. The molecule has 2 rings (SSSR count). The van der Waals surface area contributed by atoms with Gasteiger partial charge >= 0.3 is 5.69 Å². The summed E-state index contributed by atoms with van der Waals surface area (Å²) in [6.07, 6.45) is 0.806. The van der Waals surface area contributed by atoms with Crippen LogP contribution in [-0.4, -0.2) is 11.0 Å². The van der Waals surface area contributed by atoms with E-state index >= 15 is 0 Å². The molecule has 2 aromatic rings. The molecule has 6 nitrogen and oxygen atoms in total. The van der Waals surface area contributed by atoms with Crippen molar-refractivity contribution in [2.45, 2.75) is 19.4 Å². The van der Waals surface area contributed by atoms with Crippen molar-refractivity contribution in [3.05, 3.63) is 50.7 Å². The summed E-state index contributed by atoms with van der Waals surface area (Å²) >= 11 is 1.64. The van der Waals surface area contributed by atoms with Crippen molar-refractivity contribution in [3.8, 4) is 0 Å². The van der Waals surface area contributed by atoms with Crippen molar-refractivity contribution in [3.63, 3.8) is 0 Å². The number of nitrogen functional groups attached to an aromatic ring is 1. The third kappa shape index (κ3) is 3.25. The molecule has 1 aromatic carbocycles. The van der Waals surface area contributed by atoms with Crippen molar-refractivity contribution in [2.75, 3.05) is 10.7 Å². The molecule has 0 bridgehead atoms. The summed E-state index contributed by atoms with van der Waals surface area (Å²) in [6, 6.07) is 7.11. The topological polar surface area (TPSA) is 93.2 Å². The highest BCUT2D eigenvalue weighted by atomic mass is 32.1. The van der Waals surface area contributed by atoms with Crippen molar-refractivity contribution in [2.24, 2.45) is 5.84 Å². The van der Waals surface area contributed by atoms with Gasteiger partial charge in [-0.2, -0.15) is 11.3 Å². The van der Waals surface area contributed by atoms with E-state index in [4.69, 9.17) is 5.84 Å². The first-order valence-electron chi connectivity index (χ1n) is 6.13. The average molecular weight is 292 g/mol. The summed E-state index contributed by atoms with van der Waals surface area (Å²) < 4.78 is 0. The van der Waals surface area contributed by atoms with E-state index < -0.39 is 4.92 Å². The Hall–Kier alpha value is -2.12. The fraction of sp³-hybridized carbons (Fsp3) is 0.231. The van der Waals surface area contributed by atoms with Crippen LogP contribution in [-0.2, 0) is 6.42 Å². The molecule has 1 heterocycles. The van der Waals surface area contributed by atoms with Crippen LogP contribution in [0.1, 0.15) is 12.5 Å². The predicted octanol–water partition coefficient (Wildman–Crippen LogP) is 2.98. The molecule has 0 saturated carbocycles. The number of nitro benzene ring substituents is 1. The Balaban J connectivity index is 2.18. The molecule has 0 aliphatic carbocycles. The van der Waals surface area contributed by atoms with E-state index in [0.717, 1.165) is 6.42 Å². The maximum atomic E-state index is 11.2. The van der Waals surface area contributed by atoms with Gasteiger partial charge in [0.2, 0.25) is 0 Å².